The molecule has 0 radical (unpaired) electrons. The predicted octanol–water partition coefficient (Wildman–Crippen LogP) is 5.02. The van der Waals surface area contributed by atoms with Gasteiger partial charge >= 0.3 is 0 Å². The molecule has 0 saturated carbocycles. The minimum Gasteiger partial charge on any atom is -0.491 e. The zero-order valence-electron chi connectivity index (χ0n) is 20.9. The van der Waals surface area contributed by atoms with Crippen molar-refractivity contribution in [3.05, 3.63) is 87.4 Å². The minimum atomic E-state index is -0.371. The highest BCUT2D eigenvalue weighted by molar-refractivity contribution is 7.10. The van der Waals surface area contributed by atoms with E-state index in [1.54, 1.807) is 34.4 Å². The number of benzene rings is 2. The van der Waals surface area contributed by atoms with Gasteiger partial charge in [-0.3, -0.25) is 9.59 Å². The Labute approximate surface area is 220 Å². The molecule has 1 aromatic heterocycles. The SMILES string of the molecule is Cc1ccccc1C(=O)N(CC(=O)N1CCc2sccc2[C@H]1COc1cccc(F)c1)C[C@H]1CCCO1. The van der Waals surface area contributed by atoms with Crippen molar-refractivity contribution in [1.82, 2.24) is 9.80 Å². The number of nitrogens with zero attached hydrogens (tertiary/aromatic N) is 2. The lowest BCUT2D eigenvalue weighted by atomic mass is 10.00. The Bertz CT molecular complexity index is 1260. The fraction of sp³-hybridized carbons (Fsp3) is 0.379. The summed E-state index contributed by atoms with van der Waals surface area (Å²) in [5.41, 5.74) is 2.52. The van der Waals surface area contributed by atoms with Gasteiger partial charge in [0.25, 0.3) is 5.91 Å². The van der Waals surface area contributed by atoms with E-state index in [9.17, 15) is 14.0 Å². The molecule has 0 aliphatic carbocycles. The van der Waals surface area contributed by atoms with Crippen molar-refractivity contribution in [2.75, 3.05) is 32.8 Å². The third kappa shape index (κ3) is 5.86. The van der Waals surface area contributed by atoms with Gasteiger partial charge in [-0.05, 0) is 67.0 Å². The van der Waals surface area contributed by atoms with Crippen molar-refractivity contribution >= 4 is 23.2 Å². The summed E-state index contributed by atoms with van der Waals surface area (Å²) in [7, 11) is 0. The summed E-state index contributed by atoms with van der Waals surface area (Å²) in [5, 5.41) is 2.03. The van der Waals surface area contributed by atoms with E-state index < -0.39 is 0 Å². The molecule has 3 heterocycles. The van der Waals surface area contributed by atoms with Crippen molar-refractivity contribution in [1.29, 1.82) is 0 Å². The van der Waals surface area contributed by atoms with E-state index in [1.165, 1.54) is 17.0 Å². The molecule has 1 saturated heterocycles. The van der Waals surface area contributed by atoms with Gasteiger partial charge in [-0.2, -0.15) is 0 Å². The molecule has 6 nitrogen and oxygen atoms in total. The zero-order chi connectivity index (χ0) is 25.8. The monoisotopic (exact) mass is 522 g/mol. The van der Waals surface area contributed by atoms with Crippen LogP contribution in [0.5, 0.6) is 5.75 Å². The van der Waals surface area contributed by atoms with Crippen molar-refractivity contribution in [3.8, 4) is 5.75 Å². The van der Waals surface area contributed by atoms with Crippen molar-refractivity contribution in [2.45, 2.75) is 38.3 Å². The van der Waals surface area contributed by atoms with Crippen molar-refractivity contribution < 1.29 is 23.5 Å². The number of rotatable bonds is 8. The average Bonchev–Trinajstić information content (AvgIpc) is 3.59. The first-order valence-electron chi connectivity index (χ1n) is 12.7. The topological polar surface area (TPSA) is 59.1 Å². The van der Waals surface area contributed by atoms with Crippen LogP contribution in [-0.4, -0.2) is 60.6 Å². The molecule has 37 heavy (non-hydrogen) atoms. The Kier molecular flexibility index (Phi) is 7.86. The fourth-order valence-corrected chi connectivity index (χ4v) is 6.03. The largest absolute Gasteiger partial charge is 0.491 e. The van der Waals surface area contributed by atoms with Crippen LogP contribution in [0, 0.1) is 12.7 Å². The zero-order valence-corrected chi connectivity index (χ0v) is 21.7. The number of halogens is 1. The molecule has 8 heteroatoms. The molecule has 5 rings (SSSR count). The highest BCUT2D eigenvalue weighted by Crippen LogP contribution is 2.34. The molecule has 0 bridgehead atoms. The van der Waals surface area contributed by atoms with Gasteiger partial charge in [-0.15, -0.1) is 11.3 Å². The number of thiophene rings is 1. The summed E-state index contributed by atoms with van der Waals surface area (Å²) in [6.45, 7) is 3.66. The predicted molar refractivity (Wildman–Crippen MR) is 140 cm³/mol. The Morgan fingerprint density at radius 2 is 2.05 bits per heavy atom. The molecule has 0 N–H and O–H groups in total. The van der Waals surface area contributed by atoms with E-state index in [2.05, 4.69) is 0 Å². The summed E-state index contributed by atoms with van der Waals surface area (Å²) in [4.78, 5) is 32.1. The van der Waals surface area contributed by atoms with Crippen LogP contribution in [0.2, 0.25) is 0 Å². The van der Waals surface area contributed by atoms with Gasteiger partial charge in [-0.1, -0.05) is 24.3 Å². The molecular weight excluding hydrogens is 491 g/mol. The van der Waals surface area contributed by atoms with Gasteiger partial charge in [0.05, 0.1) is 12.1 Å². The van der Waals surface area contributed by atoms with Crippen molar-refractivity contribution in [2.24, 2.45) is 0 Å². The molecule has 2 atom stereocenters. The van der Waals surface area contributed by atoms with Crippen LogP contribution in [0.15, 0.2) is 60.0 Å². The number of ether oxygens (including phenoxy) is 2. The van der Waals surface area contributed by atoms with Gasteiger partial charge < -0.3 is 19.3 Å². The van der Waals surface area contributed by atoms with Crippen LogP contribution >= 0.6 is 11.3 Å². The summed E-state index contributed by atoms with van der Waals surface area (Å²) in [6.07, 6.45) is 2.51. The number of aryl methyl sites for hydroxylation is 1. The van der Waals surface area contributed by atoms with E-state index in [0.29, 0.717) is 31.0 Å². The normalized spacial score (nSPS) is 18.9. The molecule has 194 valence electrons. The molecule has 3 aromatic rings. The second-order valence-electron chi connectivity index (χ2n) is 9.56. The fourth-order valence-electron chi connectivity index (χ4n) is 5.10. The Morgan fingerprint density at radius 3 is 2.84 bits per heavy atom. The first-order valence-corrected chi connectivity index (χ1v) is 13.6. The Morgan fingerprint density at radius 1 is 1.19 bits per heavy atom. The Balaban J connectivity index is 1.36. The van der Waals surface area contributed by atoms with Crippen LogP contribution in [-0.2, 0) is 16.0 Å². The molecule has 0 unspecified atom stereocenters. The lowest BCUT2D eigenvalue weighted by Crippen LogP contribution is -2.49. The van der Waals surface area contributed by atoms with Crippen LogP contribution < -0.4 is 4.74 Å². The minimum absolute atomic E-state index is 0.0387. The lowest BCUT2D eigenvalue weighted by Gasteiger charge is -2.37. The van der Waals surface area contributed by atoms with E-state index in [4.69, 9.17) is 9.47 Å². The molecule has 2 aliphatic rings. The lowest BCUT2D eigenvalue weighted by molar-refractivity contribution is -0.135. The van der Waals surface area contributed by atoms with E-state index in [-0.39, 0.29) is 42.9 Å². The quantitative estimate of drug-likeness (QED) is 0.417. The maximum absolute atomic E-state index is 13.8. The second kappa shape index (κ2) is 11.4. The maximum Gasteiger partial charge on any atom is 0.254 e. The van der Waals surface area contributed by atoms with Gasteiger partial charge in [0.2, 0.25) is 5.91 Å². The second-order valence-corrected chi connectivity index (χ2v) is 10.6. The summed E-state index contributed by atoms with van der Waals surface area (Å²) in [5.74, 6) is -0.248. The highest BCUT2D eigenvalue weighted by Gasteiger charge is 2.34. The number of carbonyl (C=O) groups excluding carboxylic acids is 2. The van der Waals surface area contributed by atoms with Crippen LogP contribution in [0.25, 0.3) is 0 Å². The van der Waals surface area contributed by atoms with Crippen molar-refractivity contribution in [3.63, 3.8) is 0 Å². The van der Waals surface area contributed by atoms with E-state index in [1.807, 2.05) is 41.5 Å². The molecule has 0 spiro atoms. The molecule has 2 aliphatic heterocycles. The molecule has 1 fully saturated rings. The van der Waals surface area contributed by atoms with Gasteiger partial charge in [0, 0.05) is 36.2 Å². The van der Waals surface area contributed by atoms with Crippen LogP contribution in [0.3, 0.4) is 0 Å². The smallest absolute Gasteiger partial charge is 0.254 e. The van der Waals surface area contributed by atoms with Gasteiger partial charge in [0.15, 0.2) is 0 Å². The third-order valence-electron chi connectivity index (χ3n) is 7.06. The summed E-state index contributed by atoms with van der Waals surface area (Å²) < 4.78 is 25.5. The third-order valence-corrected chi connectivity index (χ3v) is 8.05. The number of hydrogen-bond acceptors (Lipinski definition) is 5. The standard InChI is InChI=1S/C29H31FN2O4S/c1-20-6-2-3-10-24(20)29(34)31(17-23-9-5-14-35-23)18-28(33)32-13-11-27-25(12-15-37-27)26(32)19-36-22-8-4-7-21(30)16-22/h2-4,6-8,10,12,15-16,23,26H,5,9,11,13-14,17-19H2,1H3/t23-,26-/m1/s1. The molecule has 2 amide bonds. The van der Waals surface area contributed by atoms with E-state index in [0.717, 1.165) is 30.4 Å². The maximum atomic E-state index is 13.8. The number of fused-ring (bicyclic) bond motifs is 1. The van der Waals surface area contributed by atoms with Crippen LogP contribution in [0.4, 0.5) is 4.39 Å². The molecular formula is C29H31FN2O4S. The van der Waals surface area contributed by atoms with Crippen LogP contribution in [0.1, 0.15) is 45.2 Å². The highest BCUT2D eigenvalue weighted by atomic mass is 32.1. The molecule has 2 aromatic carbocycles. The first kappa shape index (κ1) is 25.4. The Hall–Kier alpha value is -3.23. The van der Waals surface area contributed by atoms with E-state index >= 15 is 0 Å². The number of hydrogen-bond donors (Lipinski definition) is 0. The average molecular weight is 523 g/mol. The number of amides is 2. The van der Waals surface area contributed by atoms with Gasteiger partial charge in [-0.25, -0.2) is 4.39 Å². The summed E-state index contributed by atoms with van der Waals surface area (Å²) in [6, 6.07) is 15.2. The van der Waals surface area contributed by atoms with Gasteiger partial charge in [0.1, 0.15) is 24.7 Å². The first-order chi connectivity index (χ1) is 18.0. The summed E-state index contributed by atoms with van der Waals surface area (Å²) >= 11 is 1.67. The number of carbonyl (C=O) groups is 2.